The number of hydrogen-bond donors (Lipinski definition) is 4. The van der Waals surface area contributed by atoms with Gasteiger partial charge in [0.1, 0.15) is 25.4 Å². The fraction of sp³-hybridized carbons (Fsp3) is 0.740. The molecule has 0 rings (SSSR count). The van der Waals surface area contributed by atoms with Crippen LogP contribution in [0.4, 0.5) is 0 Å². The zero-order chi connectivity index (χ0) is 66.7. The van der Waals surface area contributed by atoms with Gasteiger partial charge < -0.3 is 34.2 Å². The van der Waals surface area contributed by atoms with Crippen LogP contribution < -0.4 is 0 Å². The summed E-state index contributed by atoms with van der Waals surface area (Å²) >= 11 is 0. The Balaban J connectivity index is 4.49. The number of hydrogen-bond acceptors (Lipinski definition) is 14. The smallest absolute Gasteiger partial charge is 0.463 e. The zero-order valence-electron chi connectivity index (χ0n) is 57.0. The maximum Gasteiger partial charge on any atom is 0.472 e. The van der Waals surface area contributed by atoms with Crippen molar-refractivity contribution in [2.24, 2.45) is 0 Å². The summed E-state index contributed by atoms with van der Waals surface area (Å²) in [5, 5.41) is 20.6. The Kier molecular flexibility index (Phi) is 63.9. The van der Waals surface area contributed by atoms with E-state index in [-0.39, 0.29) is 19.3 Å². The molecule has 4 N–H and O–H groups in total. The molecule has 0 aliphatic carbocycles. The summed E-state index contributed by atoms with van der Waals surface area (Å²) in [5.41, 5.74) is 0. The van der Waals surface area contributed by atoms with Gasteiger partial charge >= 0.3 is 33.6 Å². The Morgan fingerprint density at radius 1 is 0.319 bits per heavy atom. The molecule has 0 aromatic rings. The molecule has 0 saturated heterocycles. The highest BCUT2D eigenvalue weighted by Gasteiger charge is 2.29. The minimum atomic E-state index is -4.93. The lowest BCUT2D eigenvalue weighted by Crippen LogP contribution is -2.30. The summed E-state index contributed by atoms with van der Waals surface area (Å²) in [7, 11) is -9.78. The Morgan fingerprint density at radius 2 is 0.582 bits per heavy atom. The monoisotopic (exact) mass is 1320 g/mol. The normalized spacial score (nSPS) is 14.8. The van der Waals surface area contributed by atoms with Crippen LogP contribution in [0.15, 0.2) is 97.2 Å². The molecule has 5 atom stereocenters. The largest absolute Gasteiger partial charge is 0.472 e. The number of ether oxygens (including phenoxy) is 3. The summed E-state index contributed by atoms with van der Waals surface area (Å²) in [6.45, 7) is 2.49. The van der Waals surface area contributed by atoms with Gasteiger partial charge in [-0.1, -0.05) is 246 Å². The van der Waals surface area contributed by atoms with Crippen LogP contribution in [0.1, 0.15) is 290 Å². The van der Waals surface area contributed by atoms with E-state index in [0.29, 0.717) is 19.3 Å². The molecule has 5 unspecified atom stereocenters. The Hall–Kier alpha value is -3.53. The summed E-state index contributed by atoms with van der Waals surface area (Å²) < 4.78 is 60.9. The fourth-order valence-electron chi connectivity index (χ4n) is 9.33. The highest BCUT2D eigenvalue weighted by molar-refractivity contribution is 7.47. The number of unbranched alkanes of at least 4 members (excludes halogenated alkanes) is 28. The van der Waals surface area contributed by atoms with Crippen LogP contribution in [0.2, 0.25) is 0 Å². The average Bonchev–Trinajstić information content (AvgIpc) is 3.64. The van der Waals surface area contributed by atoms with Crippen LogP contribution in [0, 0.1) is 0 Å². The van der Waals surface area contributed by atoms with Crippen molar-refractivity contribution in [3.05, 3.63) is 97.2 Å². The number of aliphatic hydroxyl groups is 2. The van der Waals surface area contributed by atoms with Crippen LogP contribution in [-0.4, -0.2) is 95.9 Å². The molecule has 91 heavy (non-hydrogen) atoms. The van der Waals surface area contributed by atoms with Gasteiger partial charge in [-0.15, -0.1) is 0 Å². The number of carbonyl (C=O) groups excluding carboxylic acids is 3. The van der Waals surface area contributed by atoms with Crippen LogP contribution >= 0.6 is 15.6 Å². The van der Waals surface area contributed by atoms with Crippen molar-refractivity contribution in [1.29, 1.82) is 0 Å². The van der Waals surface area contributed by atoms with E-state index in [0.717, 1.165) is 135 Å². The van der Waals surface area contributed by atoms with Gasteiger partial charge in [0.2, 0.25) is 0 Å². The highest BCUT2D eigenvalue weighted by Crippen LogP contribution is 2.45. The van der Waals surface area contributed by atoms with E-state index in [2.05, 4.69) is 118 Å². The third-order valence-corrected chi connectivity index (χ3v) is 16.7. The molecular weight excluding hydrogens is 1190 g/mol. The van der Waals surface area contributed by atoms with E-state index in [9.17, 15) is 43.5 Å². The maximum absolute atomic E-state index is 12.9. The molecule has 0 amide bonds. The number of carbonyl (C=O) groups is 3. The van der Waals surface area contributed by atoms with Gasteiger partial charge in [-0.2, -0.15) is 0 Å². The predicted molar refractivity (Wildman–Crippen MR) is 371 cm³/mol. The number of phosphoric ester groups is 2. The average molecular weight is 1320 g/mol. The molecule has 18 heteroatoms. The van der Waals surface area contributed by atoms with Gasteiger partial charge in [-0.25, -0.2) is 9.13 Å². The Labute approximate surface area is 552 Å². The van der Waals surface area contributed by atoms with Gasteiger partial charge in [0.25, 0.3) is 0 Å². The molecule has 0 saturated carbocycles. The lowest BCUT2D eigenvalue weighted by Gasteiger charge is -2.21. The van der Waals surface area contributed by atoms with Gasteiger partial charge in [0.05, 0.1) is 26.4 Å². The lowest BCUT2D eigenvalue weighted by atomic mass is 10.0. The van der Waals surface area contributed by atoms with Crippen molar-refractivity contribution in [1.82, 2.24) is 0 Å². The summed E-state index contributed by atoms with van der Waals surface area (Å²) in [4.78, 5) is 58.3. The van der Waals surface area contributed by atoms with Crippen LogP contribution in [-0.2, 0) is 55.8 Å². The second-order valence-electron chi connectivity index (χ2n) is 23.6. The molecule has 0 aliphatic heterocycles. The van der Waals surface area contributed by atoms with Crippen LogP contribution in [0.5, 0.6) is 0 Å². The highest BCUT2D eigenvalue weighted by atomic mass is 31.2. The molecule has 0 aromatic carbocycles. The first-order chi connectivity index (χ1) is 44.2. The van der Waals surface area contributed by atoms with E-state index in [1.165, 1.54) is 96.3 Å². The van der Waals surface area contributed by atoms with Crippen molar-refractivity contribution < 1.29 is 75.8 Å². The van der Waals surface area contributed by atoms with Gasteiger partial charge in [0, 0.05) is 19.3 Å². The second-order valence-corrected chi connectivity index (χ2v) is 26.6. The molecular formula is C73H128O16P2. The third kappa shape index (κ3) is 67.7. The molecule has 0 spiro atoms. The van der Waals surface area contributed by atoms with E-state index in [4.69, 9.17) is 32.3 Å². The topological polar surface area (TPSA) is 231 Å². The molecule has 0 fully saturated rings. The fourth-order valence-corrected chi connectivity index (χ4v) is 10.9. The van der Waals surface area contributed by atoms with Crippen LogP contribution in [0.3, 0.4) is 0 Å². The summed E-state index contributed by atoms with van der Waals surface area (Å²) in [5.74, 6) is -1.60. The number of rotatable bonds is 67. The van der Waals surface area contributed by atoms with Gasteiger partial charge in [0.15, 0.2) is 6.10 Å². The van der Waals surface area contributed by atoms with Crippen molar-refractivity contribution >= 4 is 33.6 Å². The van der Waals surface area contributed by atoms with Crippen molar-refractivity contribution in [3.8, 4) is 0 Å². The number of esters is 3. The van der Waals surface area contributed by atoms with Crippen molar-refractivity contribution in [2.45, 2.75) is 309 Å². The molecule has 0 radical (unpaired) electrons. The molecule has 0 heterocycles. The SMILES string of the molecule is CC/C=C\C/C=C\C/C=C\CCCCCCCC(=O)OCC(COP(=O)(O)OCC(O)COP(=O)(O)OCC(O)COC(=O)CCCCCCCCCCCCC/C=C\C/C=C\C/C=C\C/C=C\CCCCC)OC(=O)CCCCCCC/C=C\CCCCCC. The molecule has 0 aromatic heterocycles. The predicted octanol–water partition coefficient (Wildman–Crippen LogP) is 19.9. The van der Waals surface area contributed by atoms with Gasteiger partial charge in [-0.3, -0.25) is 32.5 Å². The van der Waals surface area contributed by atoms with Crippen molar-refractivity contribution in [3.63, 3.8) is 0 Å². The number of phosphoric acid groups is 2. The van der Waals surface area contributed by atoms with E-state index in [1.807, 2.05) is 0 Å². The number of aliphatic hydroxyl groups excluding tert-OH is 2. The van der Waals surface area contributed by atoms with E-state index in [1.54, 1.807) is 0 Å². The van der Waals surface area contributed by atoms with E-state index >= 15 is 0 Å². The minimum absolute atomic E-state index is 0.0904. The molecule has 0 bridgehead atoms. The maximum atomic E-state index is 12.9. The summed E-state index contributed by atoms with van der Waals surface area (Å²) in [6, 6.07) is 0. The molecule has 526 valence electrons. The first-order valence-corrected chi connectivity index (χ1v) is 38.5. The van der Waals surface area contributed by atoms with E-state index < -0.39 is 91.5 Å². The minimum Gasteiger partial charge on any atom is -0.463 e. The van der Waals surface area contributed by atoms with Crippen LogP contribution in [0.25, 0.3) is 0 Å². The Bertz CT molecular complexity index is 2050. The zero-order valence-corrected chi connectivity index (χ0v) is 58.8. The first kappa shape index (κ1) is 87.5. The molecule has 16 nitrogen and oxygen atoms in total. The first-order valence-electron chi connectivity index (χ1n) is 35.5. The third-order valence-electron chi connectivity index (χ3n) is 14.8. The number of allylic oxidation sites excluding steroid dienone is 16. The lowest BCUT2D eigenvalue weighted by molar-refractivity contribution is -0.161. The summed E-state index contributed by atoms with van der Waals surface area (Å²) in [6.07, 6.45) is 73.2. The van der Waals surface area contributed by atoms with Crippen molar-refractivity contribution in [2.75, 3.05) is 39.6 Å². The quantitative estimate of drug-likeness (QED) is 0.0146. The second kappa shape index (κ2) is 66.5. The molecule has 0 aliphatic rings. The Morgan fingerprint density at radius 3 is 0.956 bits per heavy atom. The van der Waals surface area contributed by atoms with Gasteiger partial charge in [-0.05, 0) is 122 Å². The standard InChI is InChI=1S/C73H128O16P2/c1-4-7-10-13-16-19-22-25-27-28-29-30-31-32-33-34-35-36-37-38-40-43-44-47-50-53-56-59-71(76)83-62-68(74)63-85-90(79,80)86-64-69(75)65-87-91(81,82)88-67-70(89-73(78)61-58-55-52-49-46-41-24-21-18-15-12-9-6-3)66-84-72(77)60-57-54-51-48-45-42-39-26-23-20-17-14-11-8-5-2/h8,11,16-17,19-21,24-27,29-30,32-33,39,68-70,74-75H,4-7,9-10,12-15,18,22-23,28,31,34-38,40-67H2,1-3H3,(H,79,80)(H,81,82)/b11-8-,19-16-,20-17-,24-21-,27-25-,30-29-,33-32-,39-26-.